The Morgan fingerprint density at radius 3 is 1.77 bits per heavy atom. The lowest BCUT2D eigenvalue weighted by Gasteiger charge is -2.20. The van der Waals surface area contributed by atoms with Crippen molar-refractivity contribution < 1.29 is 71.8 Å². The maximum absolute atomic E-state index is 12.7. The number of phosphoric acid groups is 2. The van der Waals surface area contributed by atoms with Gasteiger partial charge in [-0.2, -0.15) is 0 Å². The minimum Gasteiger partial charge on any atom is -0.462 e. The molecule has 0 saturated carbocycles. The number of hydrogen-bond donors (Lipinski definition) is 6. The maximum Gasteiger partial charge on any atom is 0.472 e. The van der Waals surface area contributed by atoms with Gasteiger partial charge in [0.05, 0.1) is 32.0 Å². The summed E-state index contributed by atoms with van der Waals surface area (Å²) in [4.78, 5) is 52.8. The predicted octanol–water partition coefficient (Wildman–Crippen LogP) is 10.1. The summed E-state index contributed by atoms with van der Waals surface area (Å²) in [6, 6.07) is 0. The standard InChI is InChI=1S/C48H80O15P2/c1-3-5-7-8-9-10-11-12-13-14-15-16-17-18-22-25-31-38-48(53)63-46(42-62-65(57,58)61-40-45(51)39-60-64(54,55)56)41-59-47(52)37-32-26-30-36-44(50)35-29-24-21-19-20-23-28-34-43(49)33-27-6-4-2/h6,9-10,12-13,20-21,23-24,27-30,34-36,43-46,49-51H,3-5,7-8,11,14-19,22,25-26,31-33,37-42H2,1-2H3,(H,57,58)(H2,54,55,56)/b10-9-,13-12-,23-20-,24-21-,27-6-,34-28+,35-29+,36-30-/t43-,44-,45+,46-/m1/s1. The zero-order valence-corrected chi connectivity index (χ0v) is 40.6. The summed E-state index contributed by atoms with van der Waals surface area (Å²) in [7, 11) is -9.76. The molecule has 0 saturated heterocycles. The van der Waals surface area contributed by atoms with Gasteiger partial charge in [-0.1, -0.05) is 156 Å². The van der Waals surface area contributed by atoms with Crippen molar-refractivity contribution in [2.24, 2.45) is 0 Å². The first-order valence-corrected chi connectivity index (χ1v) is 26.2. The quantitative estimate of drug-likeness (QED) is 0.0110. The van der Waals surface area contributed by atoms with Crippen molar-refractivity contribution in [3.05, 3.63) is 97.2 Å². The van der Waals surface area contributed by atoms with E-state index in [1.807, 2.05) is 43.4 Å². The molecule has 6 N–H and O–H groups in total. The first-order chi connectivity index (χ1) is 31.2. The average Bonchev–Trinajstić information content (AvgIpc) is 3.26. The van der Waals surface area contributed by atoms with E-state index < -0.39 is 78.4 Å². The molecular weight excluding hydrogens is 878 g/mol. The summed E-state index contributed by atoms with van der Waals surface area (Å²) in [6.07, 6.45) is 43.2. The summed E-state index contributed by atoms with van der Waals surface area (Å²) < 4.78 is 47.7. The first-order valence-electron chi connectivity index (χ1n) is 23.2. The maximum atomic E-state index is 12.7. The molecule has 0 aromatic carbocycles. The van der Waals surface area contributed by atoms with Crippen LogP contribution in [-0.4, -0.2) is 92.8 Å². The molecule has 0 aromatic heterocycles. The molecule has 17 heteroatoms. The van der Waals surface area contributed by atoms with Crippen LogP contribution >= 0.6 is 15.6 Å². The highest BCUT2D eigenvalue weighted by Gasteiger charge is 2.28. The number of carbonyl (C=O) groups is 2. The van der Waals surface area contributed by atoms with Gasteiger partial charge in [0.2, 0.25) is 0 Å². The predicted molar refractivity (Wildman–Crippen MR) is 255 cm³/mol. The number of aliphatic hydroxyl groups excluding tert-OH is 3. The molecule has 0 amide bonds. The van der Waals surface area contributed by atoms with Gasteiger partial charge in [-0.05, 0) is 70.6 Å². The van der Waals surface area contributed by atoms with Crippen molar-refractivity contribution >= 4 is 27.6 Å². The van der Waals surface area contributed by atoms with E-state index >= 15 is 0 Å². The molecule has 0 bridgehead atoms. The van der Waals surface area contributed by atoms with E-state index in [-0.39, 0.29) is 12.8 Å². The third-order valence-electron chi connectivity index (χ3n) is 9.12. The normalized spacial score (nSPS) is 15.8. The summed E-state index contributed by atoms with van der Waals surface area (Å²) in [5, 5.41) is 29.8. The van der Waals surface area contributed by atoms with Gasteiger partial charge in [0, 0.05) is 12.8 Å². The lowest BCUT2D eigenvalue weighted by atomic mass is 10.1. The highest BCUT2D eigenvalue weighted by Crippen LogP contribution is 2.43. The molecule has 0 spiro atoms. The highest BCUT2D eigenvalue weighted by molar-refractivity contribution is 7.47. The fraction of sp³-hybridized carbons (Fsp3) is 0.625. The number of allylic oxidation sites excluding steroid dienone is 12. The molecule has 0 rings (SSSR count). The van der Waals surface area contributed by atoms with Crippen LogP contribution in [0.4, 0.5) is 0 Å². The molecule has 0 aliphatic heterocycles. The number of ether oxygens (including phenoxy) is 2. The molecule has 0 aromatic rings. The van der Waals surface area contributed by atoms with E-state index in [9.17, 15) is 38.9 Å². The van der Waals surface area contributed by atoms with Gasteiger partial charge < -0.3 is 39.5 Å². The van der Waals surface area contributed by atoms with E-state index in [4.69, 9.17) is 23.8 Å². The minimum absolute atomic E-state index is 0.00182. The second-order valence-electron chi connectivity index (χ2n) is 15.3. The van der Waals surface area contributed by atoms with Crippen LogP contribution in [0.25, 0.3) is 0 Å². The van der Waals surface area contributed by atoms with E-state index in [2.05, 4.69) is 40.3 Å². The fourth-order valence-corrected chi connectivity index (χ4v) is 6.74. The largest absolute Gasteiger partial charge is 0.472 e. The third-order valence-corrected chi connectivity index (χ3v) is 10.6. The Hall–Kier alpha value is -3.04. The van der Waals surface area contributed by atoms with E-state index in [0.717, 1.165) is 64.2 Å². The Labute approximate surface area is 388 Å². The molecule has 15 nitrogen and oxygen atoms in total. The van der Waals surface area contributed by atoms with Gasteiger partial charge in [-0.15, -0.1) is 0 Å². The van der Waals surface area contributed by atoms with Crippen molar-refractivity contribution in [2.45, 2.75) is 167 Å². The van der Waals surface area contributed by atoms with Crippen molar-refractivity contribution in [1.29, 1.82) is 0 Å². The highest BCUT2D eigenvalue weighted by atomic mass is 31.2. The Bertz CT molecular complexity index is 1550. The number of hydrogen-bond acceptors (Lipinski definition) is 12. The summed E-state index contributed by atoms with van der Waals surface area (Å²) in [5.74, 6) is -1.23. The average molecular weight is 959 g/mol. The van der Waals surface area contributed by atoms with Crippen LogP contribution in [0.15, 0.2) is 97.2 Å². The molecule has 5 atom stereocenters. The van der Waals surface area contributed by atoms with Gasteiger partial charge in [0.25, 0.3) is 0 Å². The summed E-state index contributed by atoms with van der Waals surface area (Å²) in [6.45, 7) is 1.31. The molecule has 0 aliphatic rings. The zero-order valence-electron chi connectivity index (χ0n) is 38.8. The third kappa shape index (κ3) is 45.9. The van der Waals surface area contributed by atoms with Crippen molar-refractivity contribution in [3.63, 3.8) is 0 Å². The molecule has 0 fully saturated rings. The summed E-state index contributed by atoms with van der Waals surface area (Å²) >= 11 is 0. The van der Waals surface area contributed by atoms with Crippen LogP contribution in [0.3, 0.4) is 0 Å². The van der Waals surface area contributed by atoms with Crippen LogP contribution in [0.5, 0.6) is 0 Å². The van der Waals surface area contributed by atoms with E-state index in [1.54, 1.807) is 36.5 Å². The van der Waals surface area contributed by atoms with Gasteiger partial charge in [-0.25, -0.2) is 9.13 Å². The van der Waals surface area contributed by atoms with Gasteiger partial charge >= 0.3 is 27.6 Å². The number of unbranched alkanes of at least 4 members (excludes halogenated alkanes) is 11. The van der Waals surface area contributed by atoms with E-state index in [1.165, 1.54) is 19.3 Å². The van der Waals surface area contributed by atoms with Crippen molar-refractivity contribution in [2.75, 3.05) is 26.4 Å². The Balaban J connectivity index is 4.74. The van der Waals surface area contributed by atoms with Crippen LogP contribution in [0.1, 0.15) is 142 Å². The van der Waals surface area contributed by atoms with Gasteiger partial charge in [0.1, 0.15) is 12.7 Å². The fourth-order valence-electron chi connectivity index (χ4n) is 5.59. The van der Waals surface area contributed by atoms with Crippen LogP contribution in [0.2, 0.25) is 0 Å². The number of esters is 2. The van der Waals surface area contributed by atoms with E-state index in [0.29, 0.717) is 32.1 Å². The minimum atomic E-state index is -4.89. The van der Waals surface area contributed by atoms with Crippen molar-refractivity contribution in [3.8, 4) is 0 Å². The smallest absolute Gasteiger partial charge is 0.462 e. The van der Waals surface area contributed by atoms with Crippen LogP contribution in [0, 0.1) is 0 Å². The second kappa shape index (κ2) is 42.3. The van der Waals surface area contributed by atoms with Gasteiger partial charge in [-0.3, -0.25) is 23.2 Å². The summed E-state index contributed by atoms with van der Waals surface area (Å²) in [5.41, 5.74) is 0. The molecule has 0 heterocycles. The molecule has 65 heavy (non-hydrogen) atoms. The molecular formula is C48H80O15P2. The Morgan fingerprint density at radius 1 is 0.538 bits per heavy atom. The SMILES string of the molecule is CC/C=C\C[C@@H](O)/C=C/C=C\C/C=C\C=C\[C@@H](O)/C=C\CCCC(=O)OC[C@H](COP(=O)(O)OC[C@@H](O)COP(=O)(O)O)OC(=O)CCCCCCCCC/C=C\C/C=C\CCCCC. The van der Waals surface area contributed by atoms with Gasteiger partial charge in [0.15, 0.2) is 6.10 Å². The lowest BCUT2D eigenvalue weighted by molar-refractivity contribution is -0.161. The molecule has 0 aliphatic carbocycles. The number of phosphoric ester groups is 2. The zero-order chi connectivity index (χ0) is 48.3. The topological polar surface area (TPSA) is 236 Å². The Morgan fingerprint density at radius 2 is 1.11 bits per heavy atom. The van der Waals surface area contributed by atoms with Crippen LogP contribution in [-0.2, 0) is 41.8 Å². The number of aliphatic hydroxyl groups is 3. The number of rotatable bonds is 42. The Kier molecular flexibility index (Phi) is 40.3. The molecule has 1 unspecified atom stereocenters. The number of carbonyl (C=O) groups excluding carboxylic acids is 2. The first kappa shape index (κ1) is 62.0. The monoisotopic (exact) mass is 958 g/mol. The van der Waals surface area contributed by atoms with Crippen molar-refractivity contribution in [1.82, 2.24) is 0 Å². The second-order valence-corrected chi connectivity index (χ2v) is 18.0. The lowest BCUT2D eigenvalue weighted by Crippen LogP contribution is -2.30. The van der Waals surface area contributed by atoms with Crippen LogP contribution < -0.4 is 0 Å². The molecule has 0 radical (unpaired) electrons. The molecule has 372 valence electrons.